The van der Waals surface area contributed by atoms with Gasteiger partial charge in [0, 0.05) is 6.42 Å². The van der Waals surface area contributed by atoms with E-state index in [-0.39, 0.29) is 5.57 Å². The molecule has 0 aromatic rings. The summed E-state index contributed by atoms with van der Waals surface area (Å²) in [4.78, 5) is 10.4. The number of carboxylic acids is 1. The molecule has 0 aliphatic carbocycles. The molecular weight excluding hydrogens is 166 g/mol. The van der Waals surface area contributed by atoms with Gasteiger partial charge in [0.2, 0.25) is 0 Å². The summed E-state index contributed by atoms with van der Waals surface area (Å²) in [5.74, 6) is -1.13. The van der Waals surface area contributed by atoms with Crippen molar-refractivity contribution in [1.82, 2.24) is 0 Å². The highest BCUT2D eigenvalue weighted by molar-refractivity contribution is 5.83. The summed E-state index contributed by atoms with van der Waals surface area (Å²) in [6, 6.07) is 0. The summed E-state index contributed by atoms with van der Waals surface area (Å²) in [6.45, 7) is 10.5. The summed E-state index contributed by atoms with van der Waals surface area (Å²) in [7, 11) is 2.11. The molecule has 0 amide bonds. The Balaban J connectivity index is 4.00. The van der Waals surface area contributed by atoms with Crippen LogP contribution in [0.4, 0.5) is 0 Å². The van der Waals surface area contributed by atoms with Crippen LogP contribution in [-0.2, 0) is 4.79 Å². The van der Waals surface area contributed by atoms with Crippen molar-refractivity contribution in [3.8, 4) is 0 Å². The Bertz CT molecular complexity index is 195. The topological polar surface area (TPSA) is 40.1 Å². The van der Waals surface area contributed by atoms with Crippen molar-refractivity contribution in [3.63, 3.8) is 0 Å². The van der Waals surface area contributed by atoms with Crippen molar-refractivity contribution in [1.29, 1.82) is 0 Å². The first-order valence-corrected chi connectivity index (χ1v) is 4.68. The molecule has 0 N–H and O–H groups in total. The molecule has 0 radical (unpaired) electrons. The van der Waals surface area contributed by atoms with E-state index in [1.54, 1.807) is 0 Å². The lowest BCUT2D eigenvalue weighted by atomic mass is 10.2. The zero-order valence-corrected chi connectivity index (χ0v) is 8.80. The van der Waals surface area contributed by atoms with Crippen molar-refractivity contribution in [3.05, 3.63) is 12.2 Å². The molecule has 0 spiro atoms. The smallest absolute Gasteiger partial charge is 0.0825 e. The molecule has 13 heavy (non-hydrogen) atoms. The van der Waals surface area contributed by atoms with Gasteiger partial charge in [0.15, 0.2) is 0 Å². The number of hydrogen-bond donors (Lipinski definition) is 0. The van der Waals surface area contributed by atoms with Gasteiger partial charge in [-0.25, -0.2) is 0 Å². The van der Waals surface area contributed by atoms with Gasteiger partial charge in [-0.1, -0.05) is 6.58 Å². The molecule has 3 heteroatoms. The van der Waals surface area contributed by atoms with E-state index < -0.39 is 5.97 Å². The summed E-state index contributed by atoms with van der Waals surface area (Å²) >= 11 is 0. The maximum Gasteiger partial charge on any atom is 0.0825 e. The number of rotatable bonds is 6. The number of quaternary nitrogens is 1. The molecule has 3 nitrogen and oxygen atoms in total. The fraction of sp³-hybridized carbons (Fsp3) is 0.700. The van der Waals surface area contributed by atoms with Crippen LogP contribution in [0.15, 0.2) is 12.2 Å². The first-order chi connectivity index (χ1) is 5.95. The largest absolute Gasteiger partial charge is 0.545 e. The Morgan fingerprint density at radius 3 is 2.15 bits per heavy atom. The van der Waals surface area contributed by atoms with E-state index in [4.69, 9.17) is 0 Å². The SMILES string of the molecule is C=C(CC[N+](C)(CC)CC)C(=O)[O-]. The van der Waals surface area contributed by atoms with Crippen molar-refractivity contribution < 1.29 is 14.4 Å². The Morgan fingerprint density at radius 1 is 1.38 bits per heavy atom. The van der Waals surface area contributed by atoms with E-state index in [0.717, 1.165) is 24.1 Å². The summed E-state index contributed by atoms with van der Waals surface area (Å²) < 4.78 is 0.881. The molecule has 0 saturated heterocycles. The zero-order valence-electron chi connectivity index (χ0n) is 8.80. The highest BCUT2D eigenvalue weighted by Crippen LogP contribution is 2.06. The molecule has 0 aromatic heterocycles. The van der Waals surface area contributed by atoms with Gasteiger partial charge in [-0.05, 0) is 19.4 Å². The molecule has 0 fully saturated rings. The van der Waals surface area contributed by atoms with Gasteiger partial charge in [0.25, 0.3) is 0 Å². The molecule has 0 aliphatic rings. The lowest BCUT2D eigenvalue weighted by molar-refractivity contribution is -0.905. The van der Waals surface area contributed by atoms with Crippen LogP contribution in [0.3, 0.4) is 0 Å². The number of carbonyl (C=O) groups is 1. The van der Waals surface area contributed by atoms with Crippen LogP contribution in [0.1, 0.15) is 20.3 Å². The van der Waals surface area contributed by atoms with E-state index in [9.17, 15) is 9.90 Å². The molecule has 0 heterocycles. The first kappa shape index (κ1) is 12.2. The van der Waals surface area contributed by atoms with Gasteiger partial charge in [-0.15, -0.1) is 0 Å². The third kappa shape index (κ3) is 4.08. The quantitative estimate of drug-likeness (QED) is 0.437. The predicted molar refractivity (Wildman–Crippen MR) is 50.9 cm³/mol. The maximum absolute atomic E-state index is 10.4. The van der Waals surface area contributed by atoms with E-state index in [0.29, 0.717) is 6.42 Å². The van der Waals surface area contributed by atoms with Crippen LogP contribution in [0, 0.1) is 0 Å². The van der Waals surface area contributed by atoms with Gasteiger partial charge in [-0.3, -0.25) is 0 Å². The number of aliphatic carboxylic acids is 1. The van der Waals surface area contributed by atoms with E-state index in [2.05, 4.69) is 27.5 Å². The molecule has 0 rings (SSSR count). The van der Waals surface area contributed by atoms with Crippen molar-refractivity contribution in [2.45, 2.75) is 20.3 Å². The minimum atomic E-state index is -1.13. The summed E-state index contributed by atoms with van der Waals surface area (Å²) in [6.07, 6.45) is 0.514. The molecule has 0 saturated carbocycles. The lowest BCUT2D eigenvalue weighted by Crippen LogP contribution is -2.44. The van der Waals surface area contributed by atoms with Gasteiger partial charge in [-0.2, -0.15) is 0 Å². The van der Waals surface area contributed by atoms with Crippen molar-refractivity contribution in [2.75, 3.05) is 26.7 Å². The van der Waals surface area contributed by atoms with E-state index >= 15 is 0 Å². The number of carboxylic acid groups (broad SMARTS) is 1. The van der Waals surface area contributed by atoms with Crippen molar-refractivity contribution >= 4 is 5.97 Å². The summed E-state index contributed by atoms with van der Waals surface area (Å²) in [5, 5.41) is 10.4. The van der Waals surface area contributed by atoms with Crippen LogP contribution in [0.2, 0.25) is 0 Å². The molecule has 0 aromatic carbocycles. The highest BCUT2D eigenvalue weighted by atomic mass is 16.4. The third-order valence-corrected chi connectivity index (χ3v) is 2.77. The van der Waals surface area contributed by atoms with Crippen molar-refractivity contribution in [2.24, 2.45) is 0 Å². The average Bonchev–Trinajstić information content (AvgIpc) is 2.13. The van der Waals surface area contributed by atoms with Gasteiger partial charge >= 0.3 is 0 Å². The van der Waals surface area contributed by atoms with Crippen LogP contribution >= 0.6 is 0 Å². The second-order valence-electron chi connectivity index (χ2n) is 3.62. The zero-order chi connectivity index (χ0) is 10.5. The standard InChI is InChI=1S/C10H19NO2/c1-5-11(4,6-2)8-7-9(3)10(12)13/h3,5-8H2,1-2,4H3. The van der Waals surface area contributed by atoms with Gasteiger partial charge in [0.05, 0.1) is 32.7 Å². The Morgan fingerprint density at radius 2 is 1.85 bits per heavy atom. The van der Waals surface area contributed by atoms with Crippen LogP contribution in [0.5, 0.6) is 0 Å². The fourth-order valence-electron chi connectivity index (χ4n) is 1.05. The molecule has 0 atom stereocenters. The fourth-order valence-corrected chi connectivity index (χ4v) is 1.05. The maximum atomic E-state index is 10.4. The number of nitrogens with zero attached hydrogens (tertiary/aromatic N) is 1. The van der Waals surface area contributed by atoms with Crippen LogP contribution in [0.25, 0.3) is 0 Å². The molecule has 0 bridgehead atoms. The van der Waals surface area contributed by atoms with Crippen LogP contribution in [-0.4, -0.2) is 37.1 Å². The molecule has 0 aliphatic heterocycles. The minimum absolute atomic E-state index is 0.200. The summed E-state index contributed by atoms with van der Waals surface area (Å²) in [5.41, 5.74) is 0.200. The molecular formula is C10H19NO2. The Hall–Kier alpha value is -0.830. The van der Waals surface area contributed by atoms with E-state index in [1.807, 2.05) is 0 Å². The van der Waals surface area contributed by atoms with Crippen LogP contribution < -0.4 is 5.11 Å². The first-order valence-electron chi connectivity index (χ1n) is 4.68. The average molecular weight is 185 g/mol. The minimum Gasteiger partial charge on any atom is -0.545 e. The second-order valence-corrected chi connectivity index (χ2v) is 3.62. The Labute approximate surface area is 80.3 Å². The van der Waals surface area contributed by atoms with Gasteiger partial charge in [0.1, 0.15) is 0 Å². The normalized spacial score (nSPS) is 11.3. The molecule has 76 valence electrons. The third-order valence-electron chi connectivity index (χ3n) is 2.77. The number of hydrogen-bond acceptors (Lipinski definition) is 2. The number of carbonyl (C=O) groups excluding carboxylic acids is 1. The Kier molecular flexibility index (Phi) is 4.70. The highest BCUT2D eigenvalue weighted by Gasteiger charge is 2.16. The van der Waals surface area contributed by atoms with E-state index in [1.165, 1.54) is 0 Å². The molecule has 0 unspecified atom stereocenters. The monoisotopic (exact) mass is 185 g/mol. The second kappa shape index (κ2) is 5.02. The van der Waals surface area contributed by atoms with Gasteiger partial charge < -0.3 is 14.4 Å². The predicted octanol–water partition coefficient (Wildman–Crippen LogP) is 0.169. The lowest BCUT2D eigenvalue weighted by Gasteiger charge is -2.32.